The van der Waals surface area contributed by atoms with E-state index in [4.69, 9.17) is 4.42 Å². The lowest BCUT2D eigenvalue weighted by molar-refractivity contribution is 0.653. The second kappa shape index (κ2) is 7.55. The molecule has 0 aliphatic heterocycles. The fourth-order valence-corrected chi connectivity index (χ4v) is 6.40. The summed E-state index contributed by atoms with van der Waals surface area (Å²) < 4.78 is 8.50. The highest BCUT2D eigenvalue weighted by molar-refractivity contribution is 7.25. The van der Waals surface area contributed by atoms with Crippen LogP contribution >= 0.6 is 11.3 Å². The molecule has 0 radical (unpaired) electrons. The van der Waals surface area contributed by atoms with Crippen molar-refractivity contribution in [3.05, 3.63) is 80.3 Å². The lowest BCUT2D eigenvalue weighted by Crippen LogP contribution is -1.97. The van der Waals surface area contributed by atoms with Crippen LogP contribution in [0.15, 0.2) is 84.7 Å². The van der Waals surface area contributed by atoms with Crippen LogP contribution in [0.3, 0.4) is 0 Å². The van der Waals surface area contributed by atoms with E-state index in [1.807, 2.05) is 30.7 Å². The largest absolute Gasteiger partial charge is 0.437 e. The summed E-state index contributed by atoms with van der Waals surface area (Å²) in [6.07, 6.45) is 15.5. The molecule has 0 aliphatic rings. The molecule has 1 aromatic carbocycles. The van der Waals surface area contributed by atoms with Gasteiger partial charge in [-0.15, -0.1) is 0 Å². The van der Waals surface area contributed by atoms with Crippen LogP contribution < -0.4 is 0 Å². The van der Waals surface area contributed by atoms with Crippen LogP contribution in [-0.2, 0) is 0 Å². The monoisotopic (exact) mass is 523 g/mol. The van der Waals surface area contributed by atoms with Gasteiger partial charge in [-0.2, -0.15) is 0 Å². The molecule has 0 amide bonds. The van der Waals surface area contributed by atoms with E-state index in [0.717, 1.165) is 70.1 Å². The summed E-state index contributed by atoms with van der Waals surface area (Å²) in [6.45, 7) is 0. The predicted octanol–water partition coefficient (Wildman–Crippen LogP) is 5.88. The standard InChI is InChI=1S/C28H13N9OS/c1-4-33-27-22(23-28(39-27)34-6-5-32-23)15(1)16-7-14(8-17-20-11-31-13-36-26(20)38-24(16)17)37-21-2-3-29-9-18(21)19-10-30-12-35-25(19)37/h1-13H. The van der Waals surface area contributed by atoms with E-state index < -0.39 is 0 Å². The molecule has 39 heavy (non-hydrogen) atoms. The summed E-state index contributed by atoms with van der Waals surface area (Å²) in [4.78, 5) is 37.5. The van der Waals surface area contributed by atoms with Gasteiger partial charge in [-0.1, -0.05) is 11.3 Å². The van der Waals surface area contributed by atoms with Crippen molar-refractivity contribution in [3.63, 3.8) is 0 Å². The molecule has 0 unspecified atom stereocenters. The van der Waals surface area contributed by atoms with Crippen molar-refractivity contribution >= 4 is 75.9 Å². The van der Waals surface area contributed by atoms with E-state index in [1.165, 1.54) is 17.7 Å². The molecule has 8 aromatic heterocycles. The Kier molecular flexibility index (Phi) is 3.99. The molecular formula is C28H13N9OS. The van der Waals surface area contributed by atoms with E-state index >= 15 is 0 Å². The topological polar surface area (TPSA) is 121 Å². The van der Waals surface area contributed by atoms with Crippen molar-refractivity contribution in [2.75, 3.05) is 0 Å². The lowest BCUT2D eigenvalue weighted by Gasteiger charge is -2.11. The van der Waals surface area contributed by atoms with Crippen molar-refractivity contribution in [2.24, 2.45) is 0 Å². The third-order valence-corrected chi connectivity index (χ3v) is 8.02. The molecule has 0 N–H and O–H groups in total. The Balaban J connectivity index is 1.47. The van der Waals surface area contributed by atoms with Gasteiger partial charge in [0.2, 0.25) is 5.71 Å². The minimum absolute atomic E-state index is 0.521. The van der Waals surface area contributed by atoms with Gasteiger partial charge in [0.25, 0.3) is 0 Å². The van der Waals surface area contributed by atoms with Crippen molar-refractivity contribution in [2.45, 2.75) is 0 Å². The lowest BCUT2D eigenvalue weighted by atomic mass is 9.99. The number of nitrogens with zero attached hydrogens (tertiary/aromatic N) is 9. The van der Waals surface area contributed by atoms with Crippen molar-refractivity contribution in [1.82, 2.24) is 44.4 Å². The number of rotatable bonds is 2. The first-order valence-corrected chi connectivity index (χ1v) is 12.9. The number of hydrogen-bond acceptors (Lipinski definition) is 10. The second-order valence-corrected chi connectivity index (χ2v) is 10.0. The molecule has 0 fully saturated rings. The highest BCUT2D eigenvalue weighted by Gasteiger charge is 2.22. The molecule has 182 valence electrons. The fourth-order valence-electron chi connectivity index (χ4n) is 5.43. The summed E-state index contributed by atoms with van der Waals surface area (Å²) in [5.74, 6) is 0. The number of fused-ring (bicyclic) bond motifs is 9. The molecule has 8 heterocycles. The van der Waals surface area contributed by atoms with E-state index in [9.17, 15) is 0 Å². The van der Waals surface area contributed by atoms with Crippen LogP contribution in [0, 0.1) is 0 Å². The van der Waals surface area contributed by atoms with Gasteiger partial charge in [-0.25, -0.2) is 29.9 Å². The SMILES string of the molecule is c1cc2c(cn1)c1cncnc1n2-c1cc(-c2ccnc3sc4nccnc4c23)c2oc3ncncc3c2c1. The number of pyridine rings is 2. The summed E-state index contributed by atoms with van der Waals surface area (Å²) in [6, 6.07) is 8.20. The zero-order chi connectivity index (χ0) is 25.5. The Morgan fingerprint density at radius 3 is 2.49 bits per heavy atom. The Hall–Kier alpha value is -5.42. The smallest absolute Gasteiger partial charge is 0.230 e. The Bertz CT molecular complexity index is 2370. The van der Waals surface area contributed by atoms with Gasteiger partial charge in [-0.05, 0) is 29.8 Å². The molecule has 9 rings (SSSR count). The van der Waals surface area contributed by atoms with Crippen LogP contribution in [0.2, 0.25) is 0 Å². The molecule has 10 nitrogen and oxygen atoms in total. The summed E-state index contributed by atoms with van der Waals surface area (Å²) in [7, 11) is 0. The number of thiophene rings is 1. The van der Waals surface area contributed by atoms with E-state index in [2.05, 4.69) is 56.6 Å². The van der Waals surface area contributed by atoms with Gasteiger partial charge in [0.1, 0.15) is 39.1 Å². The van der Waals surface area contributed by atoms with Crippen LogP contribution in [0.5, 0.6) is 0 Å². The number of furan rings is 1. The first-order chi connectivity index (χ1) is 19.3. The van der Waals surface area contributed by atoms with Gasteiger partial charge in [-0.3, -0.25) is 14.5 Å². The molecular weight excluding hydrogens is 510 g/mol. The van der Waals surface area contributed by atoms with Crippen LogP contribution in [0.25, 0.3) is 81.4 Å². The van der Waals surface area contributed by atoms with Gasteiger partial charge in [0.15, 0.2) is 0 Å². The molecule has 0 atom stereocenters. The molecule has 0 saturated heterocycles. The van der Waals surface area contributed by atoms with Crippen molar-refractivity contribution in [1.29, 1.82) is 0 Å². The average Bonchev–Trinajstić information content (AvgIpc) is 3.66. The predicted molar refractivity (Wildman–Crippen MR) is 149 cm³/mol. The maximum atomic E-state index is 6.37. The highest BCUT2D eigenvalue weighted by atomic mass is 32.1. The van der Waals surface area contributed by atoms with E-state index in [-0.39, 0.29) is 0 Å². The zero-order valence-corrected chi connectivity index (χ0v) is 20.7. The second-order valence-electron chi connectivity index (χ2n) is 9.05. The van der Waals surface area contributed by atoms with Crippen molar-refractivity contribution < 1.29 is 4.42 Å². The average molecular weight is 524 g/mol. The van der Waals surface area contributed by atoms with E-state index in [0.29, 0.717) is 11.3 Å². The maximum absolute atomic E-state index is 6.37. The minimum atomic E-state index is 0.521. The first-order valence-electron chi connectivity index (χ1n) is 12.0. The summed E-state index contributed by atoms with van der Waals surface area (Å²) in [5, 5.41) is 4.55. The molecule has 0 bridgehead atoms. The van der Waals surface area contributed by atoms with Gasteiger partial charge in [0.05, 0.1) is 10.9 Å². The quantitative estimate of drug-likeness (QED) is 0.273. The van der Waals surface area contributed by atoms with Crippen molar-refractivity contribution in [3.8, 4) is 16.8 Å². The number of aromatic nitrogens is 9. The van der Waals surface area contributed by atoms with Gasteiger partial charge < -0.3 is 4.42 Å². The van der Waals surface area contributed by atoms with E-state index in [1.54, 1.807) is 31.1 Å². The number of benzene rings is 1. The summed E-state index contributed by atoms with van der Waals surface area (Å²) >= 11 is 1.52. The molecule has 0 saturated carbocycles. The highest BCUT2D eigenvalue weighted by Crippen LogP contribution is 2.43. The van der Waals surface area contributed by atoms with Crippen LogP contribution in [-0.4, -0.2) is 44.4 Å². The first kappa shape index (κ1) is 20.6. The Morgan fingerprint density at radius 2 is 1.51 bits per heavy atom. The third-order valence-electron chi connectivity index (χ3n) is 7.03. The molecule has 0 spiro atoms. The Morgan fingerprint density at radius 1 is 0.667 bits per heavy atom. The van der Waals surface area contributed by atoms with Gasteiger partial charge in [0, 0.05) is 76.2 Å². The van der Waals surface area contributed by atoms with Gasteiger partial charge >= 0.3 is 0 Å². The van der Waals surface area contributed by atoms with Crippen LogP contribution in [0.1, 0.15) is 0 Å². The molecule has 9 aromatic rings. The number of hydrogen-bond donors (Lipinski definition) is 0. The maximum Gasteiger partial charge on any atom is 0.230 e. The third kappa shape index (κ3) is 2.79. The summed E-state index contributed by atoms with van der Waals surface area (Å²) in [5.41, 5.74) is 6.54. The molecule has 11 heteroatoms. The Labute approximate surface area is 221 Å². The normalized spacial score (nSPS) is 12.1. The molecule has 0 aliphatic carbocycles. The minimum Gasteiger partial charge on any atom is -0.437 e. The van der Waals surface area contributed by atoms with Crippen LogP contribution in [0.4, 0.5) is 0 Å². The fraction of sp³-hybridized carbons (Fsp3) is 0. The zero-order valence-electron chi connectivity index (χ0n) is 19.8.